The molecule has 4 nitrogen and oxygen atoms in total. The molecule has 0 amide bonds. The Balaban J connectivity index is 1.62. The zero-order valence-electron chi connectivity index (χ0n) is 17.2. The van der Waals surface area contributed by atoms with Crippen LogP contribution < -0.4 is 10.0 Å². The van der Waals surface area contributed by atoms with Gasteiger partial charge in [-0.15, -0.1) is 0 Å². The predicted octanol–water partition coefficient (Wildman–Crippen LogP) is 6.51. The molecule has 0 saturated heterocycles. The molecule has 33 heavy (non-hydrogen) atoms. The first-order valence-electron chi connectivity index (χ1n) is 10.2. The molecule has 2 aromatic rings. The Morgan fingerprint density at radius 2 is 1.94 bits per heavy atom. The predicted molar refractivity (Wildman–Crippen MR) is 125 cm³/mol. The van der Waals surface area contributed by atoms with E-state index >= 15 is 0 Å². The minimum atomic E-state index is -4.70. The Morgan fingerprint density at radius 1 is 1.21 bits per heavy atom. The average Bonchev–Trinajstić information content (AvgIpc) is 3.03. The van der Waals surface area contributed by atoms with Crippen molar-refractivity contribution in [2.24, 2.45) is 0 Å². The van der Waals surface area contributed by atoms with Crippen LogP contribution in [0.4, 0.5) is 23.2 Å². The fourth-order valence-electron chi connectivity index (χ4n) is 4.90. The van der Waals surface area contributed by atoms with Crippen LogP contribution in [0.5, 0.6) is 0 Å². The van der Waals surface area contributed by atoms with Gasteiger partial charge in [-0.05, 0) is 61.6 Å². The first kappa shape index (κ1) is 24.7. The lowest BCUT2D eigenvalue weighted by Crippen LogP contribution is -2.45. The van der Waals surface area contributed by atoms with Crippen molar-refractivity contribution in [1.29, 1.82) is 0 Å². The number of hydrogen-bond donors (Lipinski definition) is 2. The standard InChI is InChI=1S/C22H20Br2F4N2O2S/c1-12-3-2-4-19-21(12,16-9-13(23)10-18(25)20(16)30-19)7-8-29-33(31,32)14-5-6-17(24)15(11-14)22(26,27)28/h5-6,9-11,19,29-30H,1-4,7-8H2. The van der Waals surface area contributed by atoms with E-state index in [9.17, 15) is 26.0 Å². The molecule has 1 heterocycles. The summed E-state index contributed by atoms with van der Waals surface area (Å²) in [5, 5.41) is 3.25. The van der Waals surface area contributed by atoms with E-state index in [1.54, 1.807) is 0 Å². The van der Waals surface area contributed by atoms with Crippen molar-refractivity contribution in [3.05, 3.63) is 68.4 Å². The molecule has 2 atom stereocenters. The van der Waals surface area contributed by atoms with Crippen LogP contribution in [-0.4, -0.2) is 21.0 Å². The number of sulfonamides is 1. The third-order valence-electron chi connectivity index (χ3n) is 6.42. The highest BCUT2D eigenvalue weighted by Crippen LogP contribution is 2.54. The summed E-state index contributed by atoms with van der Waals surface area (Å²) >= 11 is 6.15. The molecular formula is C22H20Br2F4N2O2S. The van der Waals surface area contributed by atoms with Crippen LogP contribution in [0.1, 0.15) is 36.8 Å². The highest BCUT2D eigenvalue weighted by atomic mass is 79.9. The van der Waals surface area contributed by atoms with Gasteiger partial charge >= 0.3 is 6.18 Å². The van der Waals surface area contributed by atoms with Gasteiger partial charge in [0.25, 0.3) is 0 Å². The average molecular weight is 612 g/mol. The maximum absolute atomic E-state index is 14.7. The van der Waals surface area contributed by atoms with Gasteiger partial charge in [0.05, 0.1) is 16.1 Å². The second-order valence-corrected chi connectivity index (χ2v) is 11.8. The highest BCUT2D eigenvalue weighted by molar-refractivity contribution is 9.10. The molecule has 0 radical (unpaired) electrons. The van der Waals surface area contributed by atoms with E-state index in [1.807, 2.05) is 6.07 Å². The van der Waals surface area contributed by atoms with E-state index < -0.39 is 37.9 Å². The number of alkyl halides is 3. The van der Waals surface area contributed by atoms with Gasteiger partial charge in [0.15, 0.2) is 0 Å². The van der Waals surface area contributed by atoms with Crippen LogP contribution in [-0.2, 0) is 21.6 Å². The molecule has 0 spiro atoms. The van der Waals surface area contributed by atoms with E-state index in [4.69, 9.17) is 0 Å². The van der Waals surface area contributed by atoms with Crippen molar-refractivity contribution in [2.45, 2.75) is 48.2 Å². The number of anilines is 1. The summed E-state index contributed by atoms with van der Waals surface area (Å²) in [6.45, 7) is 4.17. The van der Waals surface area contributed by atoms with Gasteiger partial charge < -0.3 is 5.32 Å². The number of hydrogen-bond acceptors (Lipinski definition) is 3. The van der Waals surface area contributed by atoms with Gasteiger partial charge in [-0.2, -0.15) is 13.2 Å². The monoisotopic (exact) mass is 610 g/mol. The molecule has 1 aliphatic heterocycles. The molecule has 1 fully saturated rings. The Kier molecular flexibility index (Phi) is 6.48. The van der Waals surface area contributed by atoms with E-state index in [1.165, 1.54) is 6.07 Å². The third kappa shape index (κ3) is 4.37. The SMILES string of the molecule is C=C1CCCC2Nc3c(F)cc(Br)cc3C12CCNS(=O)(=O)c1ccc(Br)c(C(F)(F)F)c1. The second-order valence-electron chi connectivity index (χ2n) is 8.26. The van der Waals surface area contributed by atoms with E-state index in [0.717, 1.165) is 37.0 Å². The molecule has 2 aromatic carbocycles. The lowest BCUT2D eigenvalue weighted by molar-refractivity contribution is -0.138. The summed E-state index contributed by atoms with van der Waals surface area (Å²) in [7, 11) is -4.21. The second kappa shape index (κ2) is 8.66. The summed E-state index contributed by atoms with van der Waals surface area (Å²) in [5.74, 6) is -0.406. The van der Waals surface area contributed by atoms with Gasteiger partial charge in [-0.25, -0.2) is 17.5 Å². The lowest BCUT2D eigenvalue weighted by Gasteiger charge is -2.42. The Labute approximate surface area is 206 Å². The summed E-state index contributed by atoms with van der Waals surface area (Å²) < 4.78 is 82.6. The fourth-order valence-corrected chi connectivity index (χ4v) is 6.85. The topological polar surface area (TPSA) is 58.2 Å². The van der Waals surface area contributed by atoms with E-state index in [-0.39, 0.29) is 23.5 Å². The molecule has 4 rings (SSSR count). The van der Waals surface area contributed by atoms with E-state index in [0.29, 0.717) is 21.8 Å². The largest absolute Gasteiger partial charge is 0.417 e. The molecule has 2 unspecified atom stereocenters. The minimum absolute atomic E-state index is 0.0511. The van der Waals surface area contributed by atoms with E-state index in [2.05, 4.69) is 48.5 Å². The summed E-state index contributed by atoms with van der Waals surface area (Å²) in [6.07, 6.45) is -2.06. The van der Waals surface area contributed by atoms with Crippen molar-refractivity contribution < 1.29 is 26.0 Å². The molecule has 1 aliphatic carbocycles. The van der Waals surface area contributed by atoms with Crippen molar-refractivity contribution in [3.63, 3.8) is 0 Å². The quantitative estimate of drug-likeness (QED) is 0.299. The van der Waals surface area contributed by atoms with Gasteiger partial charge in [-0.1, -0.05) is 44.0 Å². The molecule has 0 bridgehead atoms. The molecule has 2 aliphatic rings. The zero-order chi connectivity index (χ0) is 24.2. The van der Waals surface area contributed by atoms with Crippen LogP contribution in [0, 0.1) is 5.82 Å². The molecular weight excluding hydrogens is 592 g/mol. The Morgan fingerprint density at radius 3 is 2.64 bits per heavy atom. The number of halogens is 6. The van der Waals surface area contributed by atoms with Gasteiger partial charge in [0.1, 0.15) is 5.82 Å². The van der Waals surface area contributed by atoms with Crippen molar-refractivity contribution in [3.8, 4) is 0 Å². The maximum atomic E-state index is 14.7. The Hall–Kier alpha value is -1.43. The molecule has 0 aromatic heterocycles. The van der Waals surface area contributed by atoms with Gasteiger partial charge in [0.2, 0.25) is 10.0 Å². The molecule has 11 heteroatoms. The van der Waals surface area contributed by atoms with Crippen LogP contribution in [0.25, 0.3) is 0 Å². The molecule has 178 valence electrons. The molecule has 1 saturated carbocycles. The summed E-state index contributed by atoms with van der Waals surface area (Å²) in [6, 6.07) is 5.82. The van der Waals surface area contributed by atoms with Crippen molar-refractivity contribution in [2.75, 3.05) is 11.9 Å². The number of fused-ring (bicyclic) bond motifs is 3. The first-order chi connectivity index (χ1) is 15.4. The minimum Gasteiger partial charge on any atom is -0.378 e. The number of benzene rings is 2. The normalized spacial score (nSPS) is 22.6. The Bertz CT molecular complexity index is 1230. The molecule has 2 N–H and O–H groups in total. The van der Waals surface area contributed by atoms with Crippen LogP contribution in [0.2, 0.25) is 0 Å². The smallest absolute Gasteiger partial charge is 0.378 e. The highest BCUT2D eigenvalue weighted by Gasteiger charge is 2.51. The van der Waals surface area contributed by atoms with Crippen molar-refractivity contribution >= 4 is 47.6 Å². The lowest BCUT2D eigenvalue weighted by atomic mass is 9.63. The number of nitrogens with one attached hydrogen (secondary N) is 2. The first-order valence-corrected chi connectivity index (χ1v) is 13.2. The van der Waals surface area contributed by atoms with Crippen molar-refractivity contribution in [1.82, 2.24) is 4.72 Å². The fraction of sp³-hybridized carbons (Fsp3) is 0.364. The zero-order valence-corrected chi connectivity index (χ0v) is 21.2. The van der Waals surface area contributed by atoms with Crippen LogP contribution in [0.15, 0.2) is 56.3 Å². The third-order valence-corrected chi connectivity index (χ3v) is 9.02. The number of rotatable bonds is 5. The maximum Gasteiger partial charge on any atom is 0.417 e. The summed E-state index contributed by atoms with van der Waals surface area (Å²) in [4.78, 5) is -0.478. The van der Waals surface area contributed by atoms with Crippen LogP contribution in [0.3, 0.4) is 0 Å². The van der Waals surface area contributed by atoms with Gasteiger partial charge in [-0.3, -0.25) is 0 Å². The van der Waals surface area contributed by atoms with Gasteiger partial charge in [0, 0.05) is 26.9 Å². The summed E-state index contributed by atoms with van der Waals surface area (Å²) in [5.41, 5.74) is 0.226. The van der Waals surface area contributed by atoms with Crippen LogP contribution >= 0.6 is 31.9 Å².